The van der Waals surface area contributed by atoms with Gasteiger partial charge >= 0.3 is 0 Å². The molecular formula is C12H11Cl2NO2S2. The van der Waals surface area contributed by atoms with Gasteiger partial charge < -0.3 is 0 Å². The molecule has 1 unspecified atom stereocenters. The minimum atomic E-state index is -3.67. The van der Waals surface area contributed by atoms with Crippen molar-refractivity contribution < 1.29 is 8.42 Å². The number of sulfonamides is 1. The number of benzene rings is 1. The summed E-state index contributed by atoms with van der Waals surface area (Å²) in [6.45, 7) is 1.77. The summed E-state index contributed by atoms with van der Waals surface area (Å²) in [7, 11) is -3.67. The van der Waals surface area contributed by atoms with Gasteiger partial charge in [-0.15, -0.1) is 11.3 Å². The molecule has 7 heteroatoms. The van der Waals surface area contributed by atoms with E-state index in [9.17, 15) is 8.42 Å². The van der Waals surface area contributed by atoms with Crippen LogP contribution in [0.4, 0.5) is 0 Å². The Labute approximate surface area is 126 Å². The van der Waals surface area contributed by atoms with Crippen LogP contribution < -0.4 is 4.72 Å². The van der Waals surface area contributed by atoms with E-state index in [1.165, 1.54) is 6.07 Å². The summed E-state index contributed by atoms with van der Waals surface area (Å²) in [5.74, 6) is 0. The molecule has 1 N–H and O–H groups in total. The second kappa shape index (κ2) is 5.81. The first-order valence-electron chi connectivity index (χ1n) is 5.42. The number of rotatable bonds is 4. The number of halogens is 2. The van der Waals surface area contributed by atoms with E-state index in [2.05, 4.69) is 4.72 Å². The Bertz CT molecular complexity index is 668. The zero-order valence-corrected chi connectivity index (χ0v) is 13.1. The lowest BCUT2D eigenvalue weighted by atomic mass is 10.1. The lowest BCUT2D eigenvalue weighted by Crippen LogP contribution is -2.26. The minimum absolute atomic E-state index is 0.0203. The summed E-state index contributed by atoms with van der Waals surface area (Å²) in [5.41, 5.74) is 0.878. The Hall–Kier alpha value is -0.590. The minimum Gasteiger partial charge on any atom is -0.207 e. The van der Waals surface area contributed by atoms with Crippen LogP contribution in [0.1, 0.15) is 18.5 Å². The van der Waals surface area contributed by atoms with Gasteiger partial charge in [0.1, 0.15) is 9.23 Å². The maximum Gasteiger partial charge on any atom is 0.243 e. The fourth-order valence-corrected chi connectivity index (χ4v) is 5.00. The van der Waals surface area contributed by atoms with Gasteiger partial charge in [0, 0.05) is 6.04 Å². The monoisotopic (exact) mass is 335 g/mol. The molecule has 0 bridgehead atoms. The van der Waals surface area contributed by atoms with Gasteiger partial charge in [-0.2, -0.15) is 0 Å². The molecule has 0 aliphatic rings. The van der Waals surface area contributed by atoms with Crippen LogP contribution in [0.15, 0.2) is 41.3 Å². The normalized spacial score (nSPS) is 13.4. The van der Waals surface area contributed by atoms with Crippen molar-refractivity contribution >= 4 is 44.6 Å². The average Bonchev–Trinajstić information content (AvgIpc) is 2.70. The maximum atomic E-state index is 12.2. The van der Waals surface area contributed by atoms with E-state index in [4.69, 9.17) is 23.2 Å². The zero-order valence-electron chi connectivity index (χ0n) is 9.93. The molecule has 1 aromatic carbocycles. The van der Waals surface area contributed by atoms with Crippen molar-refractivity contribution in [3.8, 4) is 0 Å². The molecule has 1 heterocycles. The van der Waals surface area contributed by atoms with Crippen molar-refractivity contribution in [2.24, 2.45) is 0 Å². The molecular weight excluding hydrogens is 325 g/mol. The van der Waals surface area contributed by atoms with Crippen LogP contribution in [0.2, 0.25) is 8.67 Å². The third kappa shape index (κ3) is 3.49. The summed E-state index contributed by atoms with van der Waals surface area (Å²) in [6, 6.07) is 10.3. The van der Waals surface area contributed by atoms with E-state index in [-0.39, 0.29) is 15.3 Å². The quantitative estimate of drug-likeness (QED) is 0.914. The zero-order chi connectivity index (χ0) is 14.0. The highest BCUT2D eigenvalue weighted by atomic mass is 35.5. The molecule has 0 fully saturated rings. The van der Waals surface area contributed by atoms with Gasteiger partial charge in [-0.3, -0.25) is 0 Å². The first-order chi connectivity index (χ1) is 8.90. The Morgan fingerprint density at radius 1 is 1.21 bits per heavy atom. The van der Waals surface area contributed by atoms with Gasteiger partial charge in [-0.25, -0.2) is 13.1 Å². The first-order valence-corrected chi connectivity index (χ1v) is 8.48. The average molecular weight is 336 g/mol. The SMILES string of the molecule is CC(NS(=O)(=O)c1cc(Cl)sc1Cl)c1ccccc1. The lowest BCUT2D eigenvalue weighted by Gasteiger charge is -2.14. The van der Waals surface area contributed by atoms with Gasteiger partial charge in [-0.1, -0.05) is 53.5 Å². The molecule has 0 aliphatic heterocycles. The highest BCUT2D eigenvalue weighted by Crippen LogP contribution is 2.34. The van der Waals surface area contributed by atoms with Crippen molar-refractivity contribution in [3.05, 3.63) is 50.6 Å². The predicted octanol–water partition coefficient (Wildman–Crippen LogP) is 4.09. The second-order valence-corrected chi connectivity index (χ2v) is 7.91. The standard InChI is InChI=1S/C12H11Cl2NO2S2/c1-8(9-5-3-2-4-6-9)15-19(16,17)10-7-11(13)18-12(10)14/h2-8,15H,1H3. The van der Waals surface area contributed by atoms with E-state index in [1.54, 1.807) is 6.92 Å². The predicted molar refractivity (Wildman–Crippen MR) is 79.5 cm³/mol. The third-order valence-corrected chi connectivity index (χ3v) is 5.84. The van der Waals surface area contributed by atoms with E-state index < -0.39 is 10.0 Å². The molecule has 0 saturated carbocycles. The number of thiophene rings is 1. The van der Waals surface area contributed by atoms with Crippen LogP contribution in [0.5, 0.6) is 0 Å². The van der Waals surface area contributed by atoms with Gasteiger partial charge in [0.2, 0.25) is 10.0 Å². The number of nitrogens with one attached hydrogen (secondary N) is 1. The Balaban J connectivity index is 2.25. The molecule has 3 nitrogen and oxygen atoms in total. The molecule has 2 rings (SSSR count). The van der Waals surface area contributed by atoms with Crippen molar-refractivity contribution in [1.82, 2.24) is 4.72 Å². The Morgan fingerprint density at radius 2 is 1.84 bits per heavy atom. The molecule has 102 valence electrons. The molecule has 0 spiro atoms. The first kappa shape index (κ1) is 14.8. The molecule has 2 aromatic rings. The number of hydrogen-bond acceptors (Lipinski definition) is 3. The van der Waals surface area contributed by atoms with Crippen molar-refractivity contribution in [2.45, 2.75) is 17.9 Å². The van der Waals surface area contributed by atoms with E-state index in [0.29, 0.717) is 4.34 Å². The third-order valence-electron chi connectivity index (χ3n) is 2.55. The van der Waals surface area contributed by atoms with E-state index >= 15 is 0 Å². The van der Waals surface area contributed by atoms with Gasteiger partial charge in [0.05, 0.1) is 4.34 Å². The molecule has 0 saturated heterocycles. The molecule has 19 heavy (non-hydrogen) atoms. The van der Waals surface area contributed by atoms with Crippen molar-refractivity contribution in [2.75, 3.05) is 0 Å². The number of hydrogen-bond donors (Lipinski definition) is 1. The van der Waals surface area contributed by atoms with Crippen LogP contribution in [-0.2, 0) is 10.0 Å². The van der Waals surface area contributed by atoms with Gasteiger partial charge in [0.25, 0.3) is 0 Å². The lowest BCUT2D eigenvalue weighted by molar-refractivity contribution is 0.567. The fourth-order valence-electron chi connectivity index (χ4n) is 1.61. The van der Waals surface area contributed by atoms with E-state index in [1.807, 2.05) is 30.3 Å². The smallest absolute Gasteiger partial charge is 0.207 e. The highest BCUT2D eigenvalue weighted by Gasteiger charge is 2.23. The molecule has 0 amide bonds. The van der Waals surface area contributed by atoms with E-state index in [0.717, 1.165) is 16.9 Å². The van der Waals surface area contributed by atoms with Gasteiger partial charge in [0.15, 0.2) is 0 Å². The van der Waals surface area contributed by atoms with Crippen LogP contribution in [-0.4, -0.2) is 8.42 Å². The van der Waals surface area contributed by atoms with Crippen LogP contribution in [0.25, 0.3) is 0 Å². The summed E-state index contributed by atoms with van der Waals surface area (Å²) in [5, 5.41) is 0. The maximum absolute atomic E-state index is 12.2. The molecule has 1 aromatic heterocycles. The molecule has 0 aliphatic carbocycles. The van der Waals surface area contributed by atoms with Crippen molar-refractivity contribution in [3.63, 3.8) is 0 Å². The molecule has 0 radical (unpaired) electrons. The summed E-state index contributed by atoms with van der Waals surface area (Å²) >= 11 is 12.7. The van der Waals surface area contributed by atoms with Crippen LogP contribution in [0, 0.1) is 0 Å². The second-order valence-electron chi connectivity index (χ2n) is 3.94. The largest absolute Gasteiger partial charge is 0.243 e. The Kier molecular flexibility index (Phi) is 4.53. The Morgan fingerprint density at radius 3 is 2.37 bits per heavy atom. The summed E-state index contributed by atoms with van der Waals surface area (Å²) in [4.78, 5) is 0.0203. The van der Waals surface area contributed by atoms with Crippen molar-refractivity contribution in [1.29, 1.82) is 0 Å². The topological polar surface area (TPSA) is 46.2 Å². The molecule has 1 atom stereocenters. The summed E-state index contributed by atoms with van der Waals surface area (Å²) in [6.07, 6.45) is 0. The van der Waals surface area contributed by atoms with Crippen LogP contribution in [0.3, 0.4) is 0 Å². The summed E-state index contributed by atoms with van der Waals surface area (Å²) < 4.78 is 27.5. The van der Waals surface area contributed by atoms with Crippen LogP contribution >= 0.6 is 34.5 Å². The van der Waals surface area contributed by atoms with Gasteiger partial charge in [-0.05, 0) is 18.6 Å². The fraction of sp³-hybridized carbons (Fsp3) is 0.167. The highest BCUT2D eigenvalue weighted by molar-refractivity contribution is 7.89.